The summed E-state index contributed by atoms with van der Waals surface area (Å²) in [6.45, 7) is 3.99. The number of ether oxygens (including phenoxy) is 2. The van der Waals surface area contributed by atoms with Gasteiger partial charge in [0.2, 0.25) is 20.0 Å². The number of azo groups is 1. The number of aromatic hydroxyl groups is 1. The average Bonchev–Trinajstić information content (AvgIpc) is 2.88. The molecule has 0 radical (unpaired) electrons. The van der Waals surface area contributed by atoms with E-state index in [1.807, 2.05) is 0 Å². The van der Waals surface area contributed by atoms with Crippen molar-refractivity contribution in [1.82, 2.24) is 4.31 Å². The van der Waals surface area contributed by atoms with Gasteiger partial charge in [0.1, 0.15) is 27.9 Å². The Hall–Kier alpha value is -3.15. The molecule has 3 aromatic rings. The normalized spacial score (nSPS) is 13.2. The molecule has 13 nitrogen and oxygen atoms in total. The molecule has 0 fully saturated rings. The molecule has 0 spiro atoms. The number of benzene rings is 3. The lowest BCUT2D eigenvalue weighted by molar-refractivity contribution is 0.144. The molecule has 0 bridgehead atoms. The third-order valence-corrected chi connectivity index (χ3v) is 8.98. The quantitative estimate of drug-likeness (QED) is 0.146. The van der Waals surface area contributed by atoms with Crippen LogP contribution in [0.25, 0.3) is 10.8 Å². The zero-order valence-corrected chi connectivity index (χ0v) is 24.6. The van der Waals surface area contributed by atoms with Gasteiger partial charge in [0, 0.05) is 31.0 Å². The molecule has 0 heterocycles. The van der Waals surface area contributed by atoms with Gasteiger partial charge in [-0.3, -0.25) is 4.72 Å². The van der Waals surface area contributed by atoms with Gasteiger partial charge in [-0.1, -0.05) is 26.0 Å². The second kappa shape index (κ2) is 13.0. The maximum atomic E-state index is 13.4. The van der Waals surface area contributed by atoms with Crippen LogP contribution >= 0.6 is 0 Å². The van der Waals surface area contributed by atoms with Gasteiger partial charge in [-0.15, -0.1) is 5.11 Å². The first-order valence-corrected chi connectivity index (χ1v) is 16.3. The van der Waals surface area contributed by atoms with Gasteiger partial charge in [0.15, 0.2) is 11.1 Å². The summed E-state index contributed by atoms with van der Waals surface area (Å²) in [5.74, 6) is -0.437. The van der Waals surface area contributed by atoms with Crippen molar-refractivity contribution in [3.8, 4) is 11.5 Å². The van der Waals surface area contributed by atoms with Crippen LogP contribution in [0, 0.1) is 0 Å². The van der Waals surface area contributed by atoms with Gasteiger partial charge >= 0.3 is 0 Å². The molecular formula is C24H30N4O9S3. The average molecular weight is 615 g/mol. The van der Waals surface area contributed by atoms with Crippen LogP contribution in [0.4, 0.5) is 17.1 Å². The summed E-state index contributed by atoms with van der Waals surface area (Å²) in [6.07, 6.45) is 0.943. The van der Waals surface area contributed by atoms with E-state index in [4.69, 9.17) is 9.47 Å². The Morgan fingerprint density at radius 1 is 1.02 bits per heavy atom. The van der Waals surface area contributed by atoms with Crippen LogP contribution < -0.4 is 9.46 Å². The Balaban J connectivity index is 2.25. The summed E-state index contributed by atoms with van der Waals surface area (Å²) in [4.78, 5) is -0.513. The molecule has 16 heteroatoms. The first-order chi connectivity index (χ1) is 18.8. The molecule has 3 aromatic carbocycles. The molecule has 0 aliphatic heterocycles. The van der Waals surface area contributed by atoms with E-state index in [2.05, 4.69) is 15.0 Å². The molecule has 218 valence electrons. The van der Waals surface area contributed by atoms with Crippen molar-refractivity contribution in [3.05, 3.63) is 42.5 Å². The first kappa shape index (κ1) is 31.4. The van der Waals surface area contributed by atoms with E-state index in [0.29, 0.717) is 0 Å². The Bertz CT molecular complexity index is 1660. The standard InChI is InChI=1S/C24H30N4O9S3/c1-5-28(6-2)40(34,35)22-15-19(23-17(24(22)29)8-7-9-18(23)27-39(4,32)33)26-25-16-10-11-20(37-13-12-36-3)21(14-16)38(30)31/h7-11,14-15,27,29H,5-6,12-13H2,1-4H3,(H,30,31). The number of rotatable bonds is 13. The van der Waals surface area contributed by atoms with Crippen molar-refractivity contribution < 1.29 is 40.2 Å². The molecule has 0 aliphatic rings. The van der Waals surface area contributed by atoms with Crippen molar-refractivity contribution in [2.75, 3.05) is 44.4 Å². The van der Waals surface area contributed by atoms with Gasteiger partial charge in [0.25, 0.3) is 0 Å². The number of hydrogen-bond donors (Lipinski definition) is 3. The van der Waals surface area contributed by atoms with Gasteiger partial charge < -0.3 is 19.1 Å². The SMILES string of the molecule is CCN(CC)S(=O)(=O)c1cc(N=Nc2ccc(OCCOC)c(S(=O)O)c2)c2c(NS(C)(=O)=O)cccc2c1O. The molecule has 0 aromatic heterocycles. The maximum Gasteiger partial charge on any atom is 0.246 e. The summed E-state index contributed by atoms with van der Waals surface area (Å²) in [7, 11) is -6.45. The van der Waals surface area contributed by atoms with Crippen LogP contribution in [0.3, 0.4) is 0 Å². The predicted molar refractivity (Wildman–Crippen MR) is 151 cm³/mol. The fraction of sp³-hybridized carbons (Fsp3) is 0.333. The topological polar surface area (TPSA) is 184 Å². The van der Waals surface area contributed by atoms with Crippen LogP contribution in [-0.4, -0.2) is 74.7 Å². The number of sulfonamides is 2. The Morgan fingerprint density at radius 2 is 1.73 bits per heavy atom. The minimum atomic E-state index is -4.17. The molecule has 0 saturated heterocycles. The highest BCUT2D eigenvalue weighted by Crippen LogP contribution is 2.43. The number of nitrogens with one attached hydrogen (secondary N) is 1. The molecule has 1 atom stereocenters. The van der Waals surface area contributed by atoms with Gasteiger partial charge in [-0.25, -0.2) is 21.0 Å². The van der Waals surface area contributed by atoms with Crippen LogP contribution in [0.15, 0.2) is 62.5 Å². The van der Waals surface area contributed by atoms with Crippen LogP contribution in [0.1, 0.15) is 13.8 Å². The first-order valence-electron chi connectivity index (χ1n) is 11.9. The number of phenols is 1. The monoisotopic (exact) mass is 614 g/mol. The minimum Gasteiger partial charge on any atom is -0.506 e. The lowest BCUT2D eigenvalue weighted by Crippen LogP contribution is -2.30. The fourth-order valence-corrected chi connectivity index (χ4v) is 6.51. The van der Waals surface area contributed by atoms with Gasteiger partial charge in [-0.05, 0) is 30.3 Å². The second-order valence-electron chi connectivity index (χ2n) is 8.36. The number of phenolic OH excluding ortho intramolecular Hbond substituents is 1. The molecule has 40 heavy (non-hydrogen) atoms. The summed E-state index contributed by atoms with van der Waals surface area (Å²) in [6, 6.07) is 9.58. The number of fused-ring (bicyclic) bond motifs is 1. The molecular weight excluding hydrogens is 584 g/mol. The fourth-order valence-electron chi connectivity index (χ4n) is 3.85. The molecule has 3 rings (SSSR count). The number of anilines is 1. The number of hydrogen-bond acceptors (Lipinski definition) is 10. The van der Waals surface area contributed by atoms with E-state index in [1.54, 1.807) is 13.8 Å². The maximum absolute atomic E-state index is 13.4. The zero-order chi connectivity index (χ0) is 29.7. The van der Waals surface area contributed by atoms with E-state index < -0.39 is 41.8 Å². The largest absolute Gasteiger partial charge is 0.506 e. The van der Waals surface area contributed by atoms with Gasteiger partial charge in [-0.2, -0.15) is 9.42 Å². The molecule has 1 unspecified atom stereocenters. The lowest BCUT2D eigenvalue weighted by atomic mass is 10.1. The van der Waals surface area contributed by atoms with E-state index in [0.717, 1.165) is 16.6 Å². The predicted octanol–water partition coefficient (Wildman–Crippen LogP) is 3.97. The Labute approximate surface area is 235 Å². The lowest BCUT2D eigenvalue weighted by Gasteiger charge is -2.20. The highest BCUT2D eigenvalue weighted by Gasteiger charge is 2.28. The Kier molecular flexibility index (Phi) is 10.2. The smallest absolute Gasteiger partial charge is 0.246 e. The Morgan fingerprint density at radius 3 is 2.33 bits per heavy atom. The van der Waals surface area contributed by atoms with Crippen molar-refractivity contribution in [1.29, 1.82) is 0 Å². The van der Waals surface area contributed by atoms with Crippen LogP contribution in [-0.2, 0) is 35.9 Å². The summed E-state index contributed by atoms with van der Waals surface area (Å²) >= 11 is -2.43. The third-order valence-electron chi connectivity index (χ3n) is 5.63. The van der Waals surface area contributed by atoms with Crippen LogP contribution in [0.2, 0.25) is 0 Å². The van der Waals surface area contributed by atoms with E-state index in [-0.39, 0.29) is 64.8 Å². The van der Waals surface area contributed by atoms with E-state index in [1.165, 1.54) is 43.5 Å². The highest BCUT2D eigenvalue weighted by atomic mass is 32.2. The summed E-state index contributed by atoms with van der Waals surface area (Å²) < 4.78 is 86.3. The third kappa shape index (κ3) is 7.13. The molecule has 0 amide bonds. The van der Waals surface area contributed by atoms with Crippen molar-refractivity contribution in [2.45, 2.75) is 23.6 Å². The van der Waals surface area contributed by atoms with E-state index in [9.17, 15) is 30.7 Å². The van der Waals surface area contributed by atoms with Gasteiger partial charge in [0.05, 0.1) is 29.9 Å². The summed E-state index contributed by atoms with van der Waals surface area (Å²) in [5.41, 5.74) is 0.0897. The molecule has 3 N–H and O–H groups in total. The summed E-state index contributed by atoms with van der Waals surface area (Å²) in [5, 5.41) is 19.4. The number of methoxy groups -OCH3 is 1. The van der Waals surface area contributed by atoms with Crippen molar-refractivity contribution in [2.24, 2.45) is 10.2 Å². The molecule has 0 aliphatic carbocycles. The number of nitrogens with zero attached hydrogens (tertiary/aromatic N) is 3. The zero-order valence-electron chi connectivity index (χ0n) is 22.2. The van der Waals surface area contributed by atoms with E-state index >= 15 is 0 Å². The molecule has 0 saturated carbocycles. The van der Waals surface area contributed by atoms with Crippen molar-refractivity contribution >= 4 is 59.0 Å². The second-order valence-corrected chi connectivity index (χ2v) is 12.9. The van der Waals surface area contributed by atoms with Crippen molar-refractivity contribution in [3.63, 3.8) is 0 Å². The minimum absolute atomic E-state index is 0.0230. The highest BCUT2D eigenvalue weighted by molar-refractivity contribution is 7.92. The van der Waals surface area contributed by atoms with Crippen LogP contribution in [0.5, 0.6) is 11.5 Å².